The third-order valence-corrected chi connectivity index (χ3v) is 4.50. The number of carbonyl (C=O) groups is 1. The second kappa shape index (κ2) is 5.28. The normalized spacial score (nSPS) is 12.4. The van der Waals surface area contributed by atoms with E-state index < -0.39 is 21.9 Å². The van der Waals surface area contributed by atoms with E-state index in [0.717, 1.165) is 21.4 Å². The van der Waals surface area contributed by atoms with Gasteiger partial charge in [0.15, 0.2) is 0 Å². The smallest absolute Gasteiger partial charge is 0.430 e. The summed E-state index contributed by atoms with van der Waals surface area (Å²) in [6.07, 6.45) is -1.02. The highest BCUT2D eigenvalue weighted by Crippen LogP contribution is 2.34. The van der Waals surface area contributed by atoms with Gasteiger partial charge in [-0.25, -0.2) is 9.93 Å². The Hall–Kier alpha value is -1.64. The van der Waals surface area contributed by atoms with Gasteiger partial charge in [0.1, 0.15) is 10.6 Å². The van der Waals surface area contributed by atoms with Crippen LogP contribution in [-0.4, -0.2) is 20.1 Å². The molecule has 0 bridgehead atoms. The minimum Gasteiger partial charge on any atom is -0.443 e. The summed E-state index contributed by atoms with van der Waals surface area (Å²) < 4.78 is 29.9. The summed E-state index contributed by atoms with van der Waals surface area (Å²) in [6, 6.07) is 8.91. The summed E-state index contributed by atoms with van der Waals surface area (Å²) in [4.78, 5) is 12.1. The van der Waals surface area contributed by atoms with Crippen LogP contribution < -0.4 is 9.44 Å². The van der Waals surface area contributed by atoms with E-state index in [1.807, 2.05) is 24.3 Å². The van der Waals surface area contributed by atoms with E-state index in [2.05, 4.69) is 0 Å². The molecule has 21 heavy (non-hydrogen) atoms. The molecule has 2 aromatic rings. The van der Waals surface area contributed by atoms with Gasteiger partial charge in [0, 0.05) is 4.70 Å². The lowest BCUT2D eigenvalue weighted by Crippen LogP contribution is -2.44. The Morgan fingerprint density at radius 2 is 1.90 bits per heavy atom. The first kappa shape index (κ1) is 15.7. The third-order valence-electron chi connectivity index (χ3n) is 2.43. The maximum atomic E-state index is 12.1. The van der Waals surface area contributed by atoms with Crippen molar-refractivity contribution in [1.29, 1.82) is 0 Å². The molecule has 0 atom stereocenters. The number of nitrogens with zero attached hydrogens (tertiary/aromatic N) is 1. The minimum absolute atomic E-state index is 0.202. The monoisotopic (exact) mass is 328 g/mol. The van der Waals surface area contributed by atoms with E-state index in [-0.39, 0.29) is 5.00 Å². The second-order valence-electron chi connectivity index (χ2n) is 5.41. The Morgan fingerprint density at radius 1 is 1.29 bits per heavy atom. The maximum Gasteiger partial charge on any atom is 0.430 e. The van der Waals surface area contributed by atoms with E-state index in [1.54, 1.807) is 26.8 Å². The number of fused-ring (bicyclic) bond motifs is 1. The Bertz CT molecular complexity index is 742. The number of benzene rings is 1. The van der Waals surface area contributed by atoms with Crippen molar-refractivity contribution in [3.63, 3.8) is 0 Å². The molecule has 6 nitrogen and oxygen atoms in total. The van der Waals surface area contributed by atoms with Gasteiger partial charge in [0.25, 0.3) is 0 Å². The van der Waals surface area contributed by atoms with Crippen LogP contribution in [0.3, 0.4) is 0 Å². The molecule has 1 heterocycles. The van der Waals surface area contributed by atoms with Crippen molar-refractivity contribution < 1.29 is 17.9 Å². The van der Waals surface area contributed by atoms with Gasteiger partial charge >= 0.3 is 16.3 Å². The van der Waals surface area contributed by atoms with Crippen LogP contribution in [0.2, 0.25) is 0 Å². The molecular formula is C13H16N2O4S2. The van der Waals surface area contributed by atoms with Crippen LogP contribution in [0.5, 0.6) is 0 Å². The molecule has 0 spiro atoms. The predicted molar refractivity (Wildman–Crippen MR) is 83.6 cm³/mol. The first-order chi connectivity index (χ1) is 9.58. The molecule has 0 fully saturated rings. The lowest BCUT2D eigenvalue weighted by atomic mass is 10.2. The molecule has 1 aromatic heterocycles. The first-order valence-corrected chi connectivity index (χ1v) is 8.44. The number of hydrogen-bond acceptors (Lipinski definition) is 5. The minimum atomic E-state index is -4.27. The van der Waals surface area contributed by atoms with Crippen molar-refractivity contribution in [2.45, 2.75) is 26.4 Å². The zero-order chi connectivity index (χ0) is 15.8. The Morgan fingerprint density at radius 3 is 2.43 bits per heavy atom. The molecule has 0 saturated heterocycles. The van der Waals surface area contributed by atoms with Gasteiger partial charge < -0.3 is 4.74 Å². The highest BCUT2D eigenvalue weighted by Gasteiger charge is 2.32. The molecule has 0 saturated carbocycles. The van der Waals surface area contributed by atoms with E-state index >= 15 is 0 Å². The zero-order valence-corrected chi connectivity index (χ0v) is 13.5. The van der Waals surface area contributed by atoms with Crippen molar-refractivity contribution in [3.8, 4) is 0 Å². The average Bonchev–Trinajstić information content (AvgIpc) is 2.66. The van der Waals surface area contributed by atoms with Crippen LogP contribution in [0.1, 0.15) is 20.8 Å². The summed E-state index contributed by atoms with van der Waals surface area (Å²) >= 11 is 1.15. The van der Waals surface area contributed by atoms with E-state index in [9.17, 15) is 13.2 Å². The number of nitrogens with two attached hydrogens (primary N) is 1. The topological polar surface area (TPSA) is 89.7 Å². The molecule has 0 unspecified atom stereocenters. The van der Waals surface area contributed by atoms with Crippen molar-refractivity contribution in [2.75, 3.05) is 4.31 Å². The quantitative estimate of drug-likeness (QED) is 0.918. The summed E-state index contributed by atoms with van der Waals surface area (Å²) in [5, 5.41) is 6.19. The largest absolute Gasteiger partial charge is 0.443 e. The highest BCUT2D eigenvalue weighted by molar-refractivity contribution is 7.91. The van der Waals surface area contributed by atoms with Crippen LogP contribution in [0, 0.1) is 0 Å². The Kier molecular flexibility index (Phi) is 3.96. The van der Waals surface area contributed by atoms with E-state index in [4.69, 9.17) is 9.88 Å². The first-order valence-electron chi connectivity index (χ1n) is 6.12. The van der Waals surface area contributed by atoms with Crippen LogP contribution in [0.15, 0.2) is 30.3 Å². The van der Waals surface area contributed by atoms with Gasteiger partial charge in [-0.1, -0.05) is 18.2 Å². The molecule has 0 aliphatic carbocycles. The van der Waals surface area contributed by atoms with Gasteiger partial charge in [-0.05, 0) is 38.3 Å². The molecule has 1 amide bonds. The maximum absolute atomic E-state index is 12.1. The molecule has 0 aliphatic heterocycles. The number of amides is 1. The van der Waals surface area contributed by atoms with Gasteiger partial charge in [-0.15, -0.1) is 15.6 Å². The van der Waals surface area contributed by atoms with Gasteiger partial charge in [0.2, 0.25) is 0 Å². The van der Waals surface area contributed by atoms with Crippen molar-refractivity contribution >= 4 is 42.7 Å². The molecule has 114 valence electrons. The number of thiophene rings is 1. The van der Waals surface area contributed by atoms with Crippen LogP contribution in [-0.2, 0) is 14.9 Å². The molecule has 0 radical (unpaired) electrons. The average molecular weight is 328 g/mol. The van der Waals surface area contributed by atoms with Crippen LogP contribution in [0.25, 0.3) is 10.1 Å². The number of carbonyl (C=O) groups excluding carboxylic acids is 1. The predicted octanol–water partition coefficient (Wildman–Crippen LogP) is 2.85. The third kappa shape index (κ3) is 3.72. The van der Waals surface area contributed by atoms with Crippen molar-refractivity contribution in [3.05, 3.63) is 30.3 Å². The zero-order valence-electron chi connectivity index (χ0n) is 11.9. The SMILES string of the molecule is CC(C)(C)OC(=O)N(c1cc2ccccc2s1)S(N)(=O)=O. The second-order valence-corrected chi connectivity index (χ2v) is 7.87. The Labute approximate surface area is 127 Å². The molecule has 2 N–H and O–H groups in total. The number of rotatable bonds is 2. The lowest BCUT2D eigenvalue weighted by Gasteiger charge is -2.24. The van der Waals surface area contributed by atoms with E-state index in [0.29, 0.717) is 4.31 Å². The van der Waals surface area contributed by atoms with Gasteiger partial charge in [0.05, 0.1) is 0 Å². The fourth-order valence-electron chi connectivity index (χ4n) is 1.69. The molecule has 1 aromatic carbocycles. The fraction of sp³-hybridized carbons (Fsp3) is 0.308. The standard InChI is InChI=1S/C13H16N2O4S2/c1-13(2,3)19-12(16)15(21(14,17)18)11-8-9-6-4-5-7-10(9)20-11/h4-8H,1-3H3,(H2,14,17,18). The fourth-order valence-corrected chi connectivity index (χ4v) is 3.62. The van der Waals surface area contributed by atoms with Crippen LogP contribution >= 0.6 is 11.3 Å². The molecule has 0 aliphatic rings. The number of hydrogen-bond donors (Lipinski definition) is 1. The van der Waals surface area contributed by atoms with Gasteiger partial charge in [-0.3, -0.25) is 0 Å². The lowest BCUT2D eigenvalue weighted by molar-refractivity contribution is 0.0609. The van der Waals surface area contributed by atoms with Crippen LogP contribution in [0.4, 0.5) is 9.80 Å². The number of ether oxygens (including phenoxy) is 1. The molecule has 8 heteroatoms. The Balaban J connectivity index is 2.48. The van der Waals surface area contributed by atoms with Gasteiger partial charge in [-0.2, -0.15) is 8.42 Å². The summed E-state index contributed by atoms with van der Waals surface area (Å²) in [7, 11) is -4.27. The van der Waals surface area contributed by atoms with E-state index in [1.165, 1.54) is 0 Å². The summed E-state index contributed by atoms with van der Waals surface area (Å²) in [5.41, 5.74) is -0.823. The molecule has 2 rings (SSSR count). The number of anilines is 1. The van der Waals surface area contributed by atoms with Crippen molar-refractivity contribution in [1.82, 2.24) is 0 Å². The van der Waals surface area contributed by atoms with Crippen molar-refractivity contribution in [2.24, 2.45) is 5.14 Å². The molecular weight excluding hydrogens is 312 g/mol. The summed E-state index contributed by atoms with van der Waals surface area (Å²) in [5.74, 6) is 0. The summed E-state index contributed by atoms with van der Waals surface area (Å²) in [6.45, 7) is 4.95. The highest BCUT2D eigenvalue weighted by atomic mass is 32.2.